The number of hydrazone groups is 1. The van der Waals surface area contributed by atoms with Crippen molar-refractivity contribution in [2.24, 2.45) is 5.10 Å². The summed E-state index contributed by atoms with van der Waals surface area (Å²) in [6.07, 6.45) is 1.46. The molecule has 0 atom stereocenters. The van der Waals surface area contributed by atoms with Crippen molar-refractivity contribution >= 4 is 35.4 Å². The van der Waals surface area contributed by atoms with E-state index in [0.29, 0.717) is 15.6 Å². The molecule has 0 heterocycles. The minimum atomic E-state index is -0.360. The molecule has 0 aromatic heterocycles. The molecule has 0 radical (unpaired) electrons. The lowest BCUT2D eigenvalue weighted by Gasteiger charge is -2.06. The predicted molar refractivity (Wildman–Crippen MR) is 70.9 cm³/mol. The second kappa shape index (κ2) is 6.47. The normalized spacial score (nSPS) is 10.9. The maximum Gasteiger partial charge on any atom is 0.335 e. The molecule has 1 aromatic rings. The van der Waals surface area contributed by atoms with Crippen LogP contribution in [0, 0.1) is 0 Å². The van der Waals surface area contributed by atoms with E-state index in [1.807, 2.05) is 13.8 Å². The fourth-order valence-corrected chi connectivity index (χ4v) is 1.52. The zero-order valence-electron chi connectivity index (χ0n) is 9.50. The zero-order chi connectivity index (χ0) is 12.8. The van der Waals surface area contributed by atoms with Crippen LogP contribution in [0.1, 0.15) is 19.4 Å². The first kappa shape index (κ1) is 13.8. The van der Waals surface area contributed by atoms with Gasteiger partial charge in [-0.15, -0.1) is 0 Å². The van der Waals surface area contributed by atoms with Gasteiger partial charge in [-0.3, -0.25) is 0 Å². The summed E-state index contributed by atoms with van der Waals surface area (Å²) >= 11 is 11.7. The summed E-state index contributed by atoms with van der Waals surface area (Å²) in [5.74, 6) is 0. The molecule has 0 saturated carbocycles. The van der Waals surface area contributed by atoms with Crippen molar-refractivity contribution < 1.29 is 4.79 Å². The van der Waals surface area contributed by atoms with Gasteiger partial charge in [0, 0.05) is 16.6 Å². The summed E-state index contributed by atoms with van der Waals surface area (Å²) in [5.41, 5.74) is 3.01. The third kappa shape index (κ3) is 5.06. The Morgan fingerprint density at radius 1 is 1.41 bits per heavy atom. The number of nitrogens with zero attached hydrogens (tertiary/aromatic N) is 1. The monoisotopic (exact) mass is 273 g/mol. The summed E-state index contributed by atoms with van der Waals surface area (Å²) in [5, 5.41) is 7.44. The van der Waals surface area contributed by atoms with Crippen molar-refractivity contribution in [2.45, 2.75) is 19.9 Å². The summed E-state index contributed by atoms with van der Waals surface area (Å²) < 4.78 is 0. The topological polar surface area (TPSA) is 53.5 Å². The second-order valence-corrected chi connectivity index (χ2v) is 4.51. The van der Waals surface area contributed by atoms with Gasteiger partial charge >= 0.3 is 6.03 Å². The molecule has 0 unspecified atom stereocenters. The van der Waals surface area contributed by atoms with Gasteiger partial charge in [-0.25, -0.2) is 10.2 Å². The standard InChI is InChI=1S/C11H13Cl2N3O/c1-7(2)15-11(17)16-14-6-8-3-4-9(12)5-10(8)13/h3-7H,1-2H3,(H2,15,16,17)/b14-6+. The van der Waals surface area contributed by atoms with Crippen LogP contribution in [0.25, 0.3) is 0 Å². The highest BCUT2D eigenvalue weighted by molar-refractivity contribution is 6.36. The van der Waals surface area contributed by atoms with Gasteiger partial charge in [-0.05, 0) is 26.0 Å². The number of halogens is 2. The minimum Gasteiger partial charge on any atom is -0.335 e. The molecule has 0 fully saturated rings. The lowest BCUT2D eigenvalue weighted by Crippen LogP contribution is -2.36. The van der Waals surface area contributed by atoms with E-state index < -0.39 is 0 Å². The number of urea groups is 1. The highest BCUT2D eigenvalue weighted by Gasteiger charge is 2.00. The van der Waals surface area contributed by atoms with Gasteiger partial charge in [-0.1, -0.05) is 29.3 Å². The largest absolute Gasteiger partial charge is 0.335 e. The van der Waals surface area contributed by atoms with E-state index >= 15 is 0 Å². The Labute approximate surface area is 110 Å². The van der Waals surface area contributed by atoms with Crippen LogP contribution < -0.4 is 10.7 Å². The Morgan fingerprint density at radius 2 is 2.12 bits per heavy atom. The summed E-state index contributed by atoms with van der Waals surface area (Å²) in [6.45, 7) is 3.72. The number of amides is 2. The van der Waals surface area contributed by atoms with Crippen LogP contribution in [0.5, 0.6) is 0 Å². The Hall–Kier alpha value is -1.26. The average Bonchev–Trinajstić information content (AvgIpc) is 2.20. The van der Waals surface area contributed by atoms with E-state index in [9.17, 15) is 4.79 Å². The number of carbonyl (C=O) groups excluding carboxylic acids is 1. The van der Waals surface area contributed by atoms with Gasteiger partial charge in [-0.2, -0.15) is 5.10 Å². The molecule has 2 amide bonds. The lowest BCUT2D eigenvalue weighted by molar-refractivity contribution is 0.239. The first-order chi connectivity index (χ1) is 7.99. The molecule has 2 N–H and O–H groups in total. The molecular formula is C11H13Cl2N3O. The highest BCUT2D eigenvalue weighted by atomic mass is 35.5. The van der Waals surface area contributed by atoms with Crippen LogP contribution in [0.3, 0.4) is 0 Å². The second-order valence-electron chi connectivity index (χ2n) is 3.66. The number of rotatable bonds is 3. The summed E-state index contributed by atoms with van der Waals surface area (Å²) in [7, 11) is 0. The summed E-state index contributed by atoms with van der Waals surface area (Å²) in [6, 6.07) is 4.73. The molecule has 92 valence electrons. The van der Waals surface area contributed by atoms with Gasteiger partial charge in [0.2, 0.25) is 0 Å². The lowest BCUT2D eigenvalue weighted by atomic mass is 10.2. The van der Waals surface area contributed by atoms with E-state index in [2.05, 4.69) is 15.8 Å². The molecule has 1 aromatic carbocycles. The number of carbonyl (C=O) groups is 1. The van der Waals surface area contributed by atoms with Crippen LogP contribution in [-0.4, -0.2) is 18.3 Å². The minimum absolute atomic E-state index is 0.0596. The summed E-state index contributed by atoms with van der Waals surface area (Å²) in [4.78, 5) is 11.2. The molecule has 17 heavy (non-hydrogen) atoms. The van der Waals surface area contributed by atoms with Crippen molar-refractivity contribution in [3.8, 4) is 0 Å². The molecular weight excluding hydrogens is 261 g/mol. The Bertz CT molecular complexity index is 433. The van der Waals surface area contributed by atoms with E-state index in [-0.39, 0.29) is 12.1 Å². The molecule has 6 heteroatoms. The fraction of sp³-hybridized carbons (Fsp3) is 0.273. The molecule has 0 aliphatic heterocycles. The van der Waals surface area contributed by atoms with E-state index in [4.69, 9.17) is 23.2 Å². The maximum absolute atomic E-state index is 11.2. The molecule has 0 aliphatic carbocycles. The Balaban J connectivity index is 2.56. The smallest absolute Gasteiger partial charge is 0.335 e. The SMILES string of the molecule is CC(C)NC(=O)N/N=C/c1ccc(Cl)cc1Cl. The third-order valence-electron chi connectivity index (χ3n) is 1.75. The van der Waals surface area contributed by atoms with Crippen molar-refractivity contribution in [1.29, 1.82) is 0 Å². The molecule has 0 saturated heterocycles. The number of nitrogens with one attached hydrogen (secondary N) is 2. The molecule has 0 bridgehead atoms. The van der Waals surface area contributed by atoms with Crippen LogP contribution >= 0.6 is 23.2 Å². The van der Waals surface area contributed by atoms with Crippen molar-refractivity contribution in [3.05, 3.63) is 33.8 Å². The third-order valence-corrected chi connectivity index (χ3v) is 2.31. The molecule has 4 nitrogen and oxygen atoms in total. The van der Waals surface area contributed by atoms with Gasteiger partial charge in [0.25, 0.3) is 0 Å². The fourth-order valence-electron chi connectivity index (χ4n) is 1.06. The van der Waals surface area contributed by atoms with Gasteiger partial charge in [0.15, 0.2) is 0 Å². The molecule has 0 aliphatic rings. The van der Waals surface area contributed by atoms with Gasteiger partial charge in [0.1, 0.15) is 0 Å². The molecule has 0 spiro atoms. The highest BCUT2D eigenvalue weighted by Crippen LogP contribution is 2.19. The Morgan fingerprint density at radius 3 is 2.71 bits per heavy atom. The predicted octanol–water partition coefficient (Wildman–Crippen LogP) is 3.03. The van der Waals surface area contributed by atoms with Gasteiger partial charge in [0.05, 0.1) is 11.2 Å². The van der Waals surface area contributed by atoms with Crippen LogP contribution in [-0.2, 0) is 0 Å². The van der Waals surface area contributed by atoms with Crippen LogP contribution in [0.15, 0.2) is 23.3 Å². The average molecular weight is 274 g/mol. The quantitative estimate of drug-likeness (QED) is 0.646. The van der Waals surface area contributed by atoms with E-state index in [1.54, 1.807) is 18.2 Å². The number of hydrogen-bond acceptors (Lipinski definition) is 2. The van der Waals surface area contributed by atoms with Crippen molar-refractivity contribution in [1.82, 2.24) is 10.7 Å². The molecule has 1 rings (SSSR count). The first-order valence-corrected chi connectivity index (χ1v) is 5.79. The van der Waals surface area contributed by atoms with Crippen molar-refractivity contribution in [3.63, 3.8) is 0 Å². The Kier molecular flexibility index (Phi) is 5.25. The first-order valence-electron chi connectivity index (χ1n) is 5.03. The maximum atomic E-state index is 11.2. The zero-order valence-corrected chi connectivity index (χ0v) is 11.0. The van der Waals surface area contributed by atoms with Gasteiger partial charge < -0.3 is 5.32 Å². The number of benzene rings is 1. The number of hydrogen-bond donors (Lipinski definition) is 2. The van der Waals surface area contributed by atoms with E-state index in [1.165, 1.54) is 6.21 Å². The van der Waals surface area contributed by atoms with Crippen LogP contribution in [0.4, 0.5) is 4.79 Å². The van der Waals surface area contributed by atoms with E-state index in [0.717, 1.165) is 0 Å². The van der Waals surface area contributed by atoms with Crippen molar-refractivity contribution in [2.75, 3.05) is 0 Å². The van der Waals surface area contributed by atoms with Crippen LogP contribution in [0.2, 0.25) is 10.0 Å².